The van der Waals surface area contributed by atoms with Crippen LogP contribution in [0.25, 0.3) is 0 Å². The van der Waals surface area contributed by atoms with Crippen LogP contribution in [-0.2, 0) is 9.47 Å². The molecule has 1 aliphatic heterocycles. The fourth-order valence-corrected chi connectivity index (χ4v) is 6.01. The van der Waals surface area contributed by atoms with Gasteiger partial charge in [0.05, 0.1) is 49.2 Å². The van der Waals surface area contributed by atoms with Gasteiger partial charge in [-0.25, -0.2) is 0 Å². The van der Waals surface area contributed by atoms with E-state index in [9.17, 15) is 20.4 Å². The minimum Gasteiger partial charge on any atom is -0.504 e. The fourth-order valence-electron chi connectivity index (χ4n) is 6.01. The molecule has 0 amide bonds. The molecule has 316 valence electrons. The average molecular weight is 837 g/mol. The van der Waals surface area contributed by atoms with Gasteiger partial charge in [-0.15, -0.1) is 0 Å². The van der Waals surface area contributed by atoms with E-state index in [4.69, 9.17) is 28.4 Å². The van der Waals surface area contributed by atoms with Gasteiger partial charge in [-0.3, -0.25) is 20.0 Å². The molecule has 0 aromatic heterocycles. The Labute approximate surface area is 358 Å². The van der Waals surface area contributed by atoms with Crippen LogP contribution in [-0.4, -0.2) is 98.1 Å². The average Bonchev–Trinajstić information content (AvgIpc) is 3.29. The molecule has 1 aliphatic rings. The summed E-state index contributed by atoms with van der Waals surface area (Å²) in [6.45, 7) is 1.48. The summed E-state index contributed by atoms with van der Waals surface area (Å²) in [6.07, 6.45) is 6.08. The van der Waals surface area contributed by atoms with Crippen molar-refractivity contribution in [3.8, 4) is 46.0 Å². The van der Waals surface area contributed by atoms with Crippen molar-refractivity contribution < 1.29 is 48.8 Å². The molecule has 14 nitrogen and oxygen atoms in total. The van der Waals surface area contributed by atoms with Crippen LogP contribution < -0.4 is 18.9 Å². The van der Waals surface area contributed by atoms with Gasteiger partial charge in [-0.05, 0) is 72.8 Å². The van der Waals surface area contributed by atoms with Gasteiger partial charge in [-0.1, -0.05) is 48.5 Å². The number of para-hydroxylation sites is 8. The highest BCUT2D eigenvalue weighted by atomic mass is 16.6. The Balaban J connectivity index is 1.07. The van der Waals surface area contributed by atoms with Crippen molar-refractivity contribution in [2.45, 2.75) is 0 Å². The highest BCUT2D eigenvalue weighted by molar-refractivity contribution is 5.92. The summed E-state index contributed by atoms with van der Waals surface area (Å²) in [6, 6.07) is 34.8. The largest absolute Gasteiger partial charge is 0.504 e. The molecule has 4 N–H and O–H groups in total. The monoisotopic (exact) mass is 836 g/mol. The first-order valence-corrected chi connectivity index (χ1v) is 19.7. The molecule has 0 atom stereocenters. The van der Waals surface area contributed by atoms with Crippen molar-refractivity contribution >= 4 is 47.6 Å². The highest BCUT2D eigenvalue weighted by Gasteiger charge is 2.12. The van der Waals surface area contributed by atoms with Gasteiger partial charge in [0.25, 0.3) is 0 Å². The maximum atomic E-state index is 11.0. The van der Waals surface area contributed by atoms with E-state index in [0.717, 1.165) is 0 Å². The quantitative estimate of drug-likeness (QED) is 0.115. The lowest BCUT2D eigenvalue weighted by Crippen LogP contribution is -2.12. The highest BCUT2D eigenvalue weighted by Crippen LogP contribution is 2.35. The fraction of sp³-hybridized carbons (Fsp3) is 0.167. The Morgan fingerprint density at radius 3 is 0.774 bits per heavy atom. The smallest absolute Gasteiger partial charge is 0.166 e. The van der Waals surface area contributed by atoms with Crippen LogP contribution in [0.4, 0.5) is 22.7 Å². The first-order chi connectivity index (χ1) is 30.4. The number of hydrogen-bond donors (Lipinski definition) is 4. The zero-order chi connectivity index (χ0) is 42.9. The first-order valence-electron chi connectivity index (χ1n) is 19.7. The summed E-state index contributed by atoms with van der Waals surface area (Å²) in [4.78, 5) is 18.3. The normalized spacial score (nSPS) is 14.3. The molecule has 6 aromatic carbocycles. The lowest BCUT2D eigenvalue weighted by molar-refractivity contribution is 0.0751. The van der Waals surface area contributed by atoms with Crippen molar-refractivity contribution in [1.82, 2.24) is 0 Å². The number of fused-ring (bicyclic) bond motifs is 10. The summed E-state index contributed by atoms with van der Waals surface area (Å²) < 4.78 is 34.6. The van der Waals surface area contributed by atoms with Crippen molar-refractivity contribution in [3.63, 3.8) is 0 Å². The third-order valence-electron chi connectivity index (χ3n) is 9.20. The molecule has 0 saturated carbocycles. The van der Waals surface area contributed by atoms with E-state index in [1.165, 1.54) is 24.9 Å². The molecule has 1 heterocycles. The Bertz CT molecular complexity index is 2230. The predicted molar refractivity (Wildman–Crippen MR) is 238 cm³/mol. The molecule has 62 heavy (non-hydrogen) atoms. The molecule has 0 fully saturated rings. The van der Waals surface area contributed by atoms with Crippen LogP contribution in [0, 0.1) is 0 Å². The number of benzene rings is 6. The van der Waals surface area contributed by atoms with E-state index in [1.807, 2.05) is 24.3 Å². The van der Waals surface area contributed by atoms with Crippen LogP contribution >= 0.6 is 0 Å². The van der Waals surface area contributed by atoms with E-state index < -0.39 is 0 Å². The molecule has 0 unspecified atom stereocenters. The second kappa shape index (κ2) is 21.5. The minimum absolute atomic E-state index is 0.0827. The number of aliphatic imine (C=N–C) groups is 4. The summed E-state index contributed by atoms with van der Waals surface area (Å²) in [5, 5.41) is 43.8. The lowest BCUT2D eigenvalue weighted by atomic mass is 10.2. The van der Waals surface area contributed by atoms with E-state index in [2.05, 4.69) is 20.0 Å². The number of ether oxygens (including phenoxy) is 6. The number of phenols is 4. The van der Waals surface area contributed by atoms with Crippen LogP contribution in [0.2, 0.25) is 0 Å². The second-order valence-electron chi connectivity index (χ2n) is 13.4. The molecule has 0 spiro atoms. The standard InChI is InChI=1S/C48H44N4O10/c53-45-33-9-5-17-41(45)59-25-21-57-23-27-61-43-19-7-11-35(47(43)55)31-51-39-15-3-4-16-40(39)52-32-36-12-8-20-44(48(36)56)62-28-24-58-22-26-60-42-18-6-10-34(46(42)54)30-50-38-14-2-1-13-37(38)49-29-33/h1-20,29-32,53-56H,21-28H2. The number of rotatable bonds is 0. The maximum Gasteiger partial charge on any atom is 0.166 e. The van der Waals surface area contributed by atoms with E-state index >= 15 is 0 Å². The number of aromatic hydroxyl groups is 4. The molecule has 0 aliphatic carbocycles. The topological polar surface area (TPSA) is 186 Å². The predicted octanol–water partition coefficient (Wildman–Crippen LogP) is 8.77. The van der Waals surface area contributed by atoms with E-state index in [1.54, 1.807) is 97.1 Å². The molecule has 0 saturated heterocycles. The van der Waals surface area contributed by atoms with Gasteiger partial charge in [0.2, 0.25) is 0 Å². The Kier molecular flexibility index (Phi) is 14.7. The minimum atomic E-state index is -0.0827. The second-order valence-corrected chi connectivity index (χ2v) is 13.4. The summed E-state index contributed by atoms with van der Waals surface area (Å²) in [7, 11) is 0. The molecule has 8 bridgehead atoms. The Morgan fingerprint density at radius 2 is 0.532 bits per heavy atom. The Hall–Kier alpha value is -7.68. The maximum absolute atomic E-state index is 11.0. The molecule has 6 aromatic rings. The summed E-state index contributed by atoms with van der Waals surface area (Å²) in [5.74, 6) is 0.722. The van der Waals surface area contributed by atoms with Gasteiger partial charge < -0.3 is 48.8 Å². The lowest BCUT2D eigenvalue weighted by Gasteiger charge is -2.12. The van der Waals surface area contributed by atoms with E-state index in [0.29, 0.717) is 45.0 Å². The molecule has 7 rings (SSSR count). The van der Waals surface area contributed by atoms with Crippen LogP contribution in [0.3, 0.4) is 0 Å². The van der Waals surface area contributed by atoms with Gasteiger partial charge >= 0.3 is 0 Å². The van der Waals surface area contributed by atoms with Crippen molar-refractivity contribution in [2.24, 2.45) is 20.0 Å². The number of hydrogen-bond acceptors (Lipinski definition) is 14. The zero-order valence-corrected chi connectivity index (χ0v) is 33.5. The summed E-state index contributed by atoms with van der Waals surface area (Å²) in [5.41, 5.74) is 3.85. The summed E-state index contributed by atoms with van der Waals surface area (Å²) >= 11 is 0. The van der Waals surface area contributed by atoms with Gasteiger partial charge in [0.15, 0.2) is 46.0 Å². The van der Waals surface area contributed by atoms with Crippen molar-refractivity contribution in [3.05, 3.63) is 144 Å². The van der Waals surface area contributed by atoms with Gasteiger partial charge in [-0.2, -0.15) is 0 Å². The SMILES string of the molecule is Oc1c2cccc1OCCOCCOc1cccc(c1O)C=Nc1ccccc1N=Cc1cccc(c1O)OCCOCCOc1cccc(c1O)C=Nc1ccccc1N=C2. The first kappa shape index (κ1) is 42.4. The third-order valence-corrected chi connectivity index (χ3v) is 9.20. The van der Waals surface area contributed by atoms with Crippen LogP contribution in [0.1, 0.15) is 22.3 Å². The van der Waals surface area contributed by atoms with Gasteiger partial charge in [0.1, 0.15) is 26.4 Å². The third kappa shape index (κ3) is 11.3. The van der Waals surface area contributed by atoms with Gasteiger partial charge in [0, 0.05) is 47.1 Å². The molecular formula is C48H44N4O10. The number of phenolic OH excluding ortho intramolecular Hbond substituents is 4. The van der Waals surface area contributed by atoms with Crippen molar-refractivity contribution in [2.75, 3.05) is 52.9 Å². The molecule has 14 heteroatoms. The zero-order valence-electron chi connectivity index (χ0n) is 33.5. The molecule has 0 radical (unpaired) electrons. The van der Waals surface area contributed by atoms with E-state index in [-0.39, 0.29) is 98.9 Å². The number of nitrogens with zero attached hydrogens (tertiary/aromatic N) is 4. The van der Waals surface area contributed by atoms with Crippen LogP contribution in [0.5, 0.6) is 46.0 Å². The molecular weight excluding hydrogens is 793 g/mol. The Morgan fingerprint density at radius 1 is 0.290 bits per heavy atom. The van der Waals surface area contributed by atoms with Crippen LogP contribution in [0.15, 0.2) is 141 Å². The van der Waals surface area contributed by atoms with Crippen molar-refractivity contribution in [1.29, 1.82) is 0 Å².